The lowest BCUT2D eigenvalue weighted by Gasteiger charge is -2.41. The van der Waals surface area contributed by atoms with Crippen LogP contribution in [0, 0.1) is 11.3 Å². The Morgan fingerprint density at radius 1 is 1.46 bits per heavy atom. The second-order valence-electron chi connectivity index (χ2n) is 5.04. The monoisotopic (exact) mass is 178 g/mol. The minimum absolute atomic E-state index is 0.349. The van der Waals surface area contributed by atoms with Gasteiger partial charge in [-0.2, -0.15) is 0 Å². The molecule has 1 nitrogen and oxygen atoms in total. The molecular formula is C12H18O. The molecule has 2 aliphatic rings. The number of hydrogen-bond donors (Lipinski definition) is 0. The Morgan fingerprint density at radius 2 is 2.23 bits per heavy atom. The van der Waals surface area contributed by atoms with Crippen molar-refractivity contribution >= 4 is 5.78 Å². The van der Waals surface area contributed by atoms with Crippen LogP contribution in [0.15, 0.2) is 11.6 Å². The molecule has 13 heavy (non-hydrogen) atoms. The molecule has 0 radical (unpaired) electrons. The van der Waals surface area contributed by atoms with Crippen LogP contribution in [-0.4, -0.2) is 5.78 Å². The summed E-state index contributed by atoms with van der Waals surface area (Å²) in [4.78, 5) is 11.3. The van der Waals surface area contributed by atoms with E-state index in [-0.39, 0.29) is 0 Å². The summed E-state index contributed by atoms with van der Waals surface area (Å²) >= 11 is 0. The molecule has 1 fully saturated rings. The van der Waals surface area contributed by atoms with Crippen molar-refractivity contribution in [1.29, 1.82) is 0 Å². The normalized spacial score (nSPS) is 39.7. The minimum Gasteiger partial charge on any atom is -0.295 e. The van der Waals surface area contributed by atoms with Gasteiger partial charge < -0.3 is 0 Å². The van der Waals surface area contributed by atoms with Crippen molar-refractivity contribution in [1.82, 2.24) is 0 Å². The second-order valence-corrected chi connectivity index (χ2v) is 5.04. The van der Waals surface area contributed by atoms with E-state index in [1.54, 1.807) is 0 Å². The predicted octanol–water partition coefficient (Wildman–Crippen LogP) is 3.10. The first-order chi connectivity index (χ1) is 6.10. The molecule has 0 N–H and O–H groups in total. The van der Waals surface area contributed by atoms with Gasteiger partial charge in [0.2, 0.25) is 0 Å². The van der Waals surface area contributed by atoms with Crippen molar-refractivity contribution in [2.45, 2.75) is 46.0 Å². The van der Waals surface area contributed by atoms with Crippen LogP contribution in [0.1, 0.15) is 46.0 Å². The van der Waals surface area contributed by atoms with Crippen molar-refractivity contribution < 1.29 is 4.79 Å². The zero-order valence-electron chi connectivity index (χ0n) is 8.60. The van der Waals surface area contributed by atoms with Gasteiger partial charge in [-0.3, -0.25) is 4.79 Å². The van der Waals surface area contributed by atoms with E-state index < -0.39 is 0 Å². The molecule has 1 heteroatoms. The Hall–Kier alpha value is -0.590. The van der Waals surface area contributed by atoms with Crippen LogP contribution in [0.25, 0.3) is 0 Å². The Morgan fingerprint density at radius 3 is 3.00 bits per heavy atom. The molecule has 0 amide bonds. The molecule has 1 saturated carbocycles. The molecule has 72 valence electrons. The highest BCUT2D eigenvalue weighted by Crippen LogP contribution is 2.47. The highest BCUT2D eigenvalue weighted by molar-refractivity contribution is 5.91. The smallest absolute Gasteiger partial charge is 0.155 e. The van der Waals surface area contributed by atoms with Gasteiger partial charge in [0, 0.05) is 6.42 Å². The summed E-state index contributed by atoms with van der Waals surface area (Å²) in [5.74, 6) is 1.13. The SMILES string of the molecule is C[C@@H]1CC[C@]2(C)CCC(=O)C=C2C1. The Balaban J connectivity index is 2.27. The number of ketones is 1. The average molecular weight is 178 g/mol. The lowest BCUT2D eigenvalue weighted by Crippen LogP contribution is -2.30. The third-order valence-corrected chi connectivity index (χ3v) is 3.79. The van der Waals surface area contributed by atoms with Crippen LogP contribution in [0.3, 0.4) is 0 Å². The van der Waals surface area contributed by atoms with Gasteiger partial charge in [-0.25, -0.2) is 0 Å². The van der Waals surface area contributed by atoms with Crippen molar-refractivity contribution in [2.24, 2.45) is 11.3 Å². The van der Waals surface area contributed by atoms with E-state index in [2.05, 4.69) is 13.8 Å². The largest absolute Gasteiger partial charge is 0.295 e. The number of carbonyl (C=O) groups is 1. The van der Waals surface area contributed by atoms with Crippen molar-refractivity contribution in [2.75, 3.05) is 0 Å². The Kier molecular flexibility index (Phi) is 2.05. The molecule has 2 atom stereocenters. The quantitative estimate of drug-likeness (QED) is 0.557. The number of rotatable bonds is 0. The Bertz CT molecular complexity index is 264. The molecule has 0 bridgehead atoms. The van der Waals surface area contributed by atoms with Gasteiger partial charge >= 0.3 is 0 Å². The molecular weight excluding hydrogens is 160 g/mol. The molecule has 2 aliphatic carbocycles. The van der Waals surface area contributed by atoms with Gasteiger partial charge in [0.1, 0.15) is 0 Å². The van der Waals surface area contributed by atoms with E-state index in [4.69, 9.17) is 0 Å². The van der Waals surface area contributed by atoms with E-state index in [0.717, 1.165) is 25.2 Å². The maximum absolute atomic E-state index is 11.3. The van der Waals surface area contributed by atoms with E-state index in [1.807, 2.05) is 6.08 Å². The summed E-state index contributed by atoms with van der Waals surface area (Å²) < 4.78 is 0. The highest BCUT2D eigenvalue weighted by atomic mass is 16.1. The molecule has 0 aromatic carbocycles. The number of hydrogen-bond acceptors (Lipinski definition) is 1. The van der Waals surface area contributed by atoms with E-state index in [9.17, 15) is 4.79 Å². The first-order valence-corrected chi connectivity index (χ1v) is 5.34. The summed E-state index contributed by atoms with van der Waals surface area (Å²) in [6.07, 6.45) is 7.56. The number of fused-ring (bicyclic) bond motifs is 1. The summed E-state index contributed by atoms with van der Waals surface area (Å²) in [6.45, 7) is 4.62. The molecule has 0 unspecified atom stereocenters. The summed E-state index contributed by atoms with van der Waals surface area (Å²) in [5.41, 5.74) is 1.81. The van der Waals surface area contributed by atoms with Gasteiger partial charge in [-0.15, -0.1) is 0 Å². The van der Waals surface area contributed by atoms with E-state index in [0.29, 0.717) is 11.2 Å². The van der Waals surface area contributed by atoms with E-state index in [1.165, 1.54) is 18.4 Å². The molecule has 0 heterocycles. The van der Waals surface area contributed by atoms with E-state index >= 15 is 0 Å². The molecule has 0 aromatic rings. The van der Waals surface area contributed by atoms with Gasteiger partial charge in [0.25, 0.3) is 0 Å². The summed E-state index contributed by atoms with van der Waals surface area (Å²) in [6, 6.07) is 0. The molecule has 2 rings (SSSR count). The van der Waals surface area contributed by atoms with Gasteiger partial charge in [0.05, 0.1) is 0 Å². The third kappa shape index (κ3) is 1.56. The fourth-order valence-electron chi connectivity index (χ4n) is 2.63. The fraction of sp³-hybridized carbons (Fsp3) is 0.750. The van der Waals surface area contributed by atoms with Crippen LogP contribution in [-0.2, 0) is 4.79 Å². The predicted molar refractivity (Wildman–Crippen MR) is 53.4 cm³/mol. The van der Waals surface area contributed by atoms with Gasteiger partial charge in [-0.1, -0.05) is 19.4 Å². The average Bonchev–Trinajstić information content (AvgIpc) is 2.08. The topological polar surface area (TPSA) is 17.1 Å². The summed E-state index contributed by atoms with van der Waals surface area (Å²) in [7, 11) is 0. The zero-order valence-corrected chi connectivity index (χ0v) is 8.60. The van der Waals surface area contributed by atoms with Crippen molar-refractivity contribution in [3.05, 3.63) is 11.6 Å². The number of carbonyl (C=O) groups excluding carboxylic acids is 1. The fourth-order valence-corrected chi connectivity index (χ4v) is 2.63. The van der Waals surface area contributed by atoms with Gasteiger partial charge in [0.15, 0.2) is 5.78 Å². The number of allylic oxidation sites excluding steroid dienone is 2. The van der Waals surface area contributed by atoms with Crippen LogP contribution >= 0.6 is 0 Å². The van der Waals surface area contributed by atoms with Gasteiger partial charge in [-0.05, 0) is 43.1 Å². The molecule has 0 aliphatic heterocycles. The van der Waals surface area contributed by atoms with Crippen molar-refractivity contribution in [3.63, 3.8) is 0 Å². The lowest BCUT2D eigenvalue weighted by atomic mass is 9.64. The maximum Gasteiger partial charge on any atom is 0.155 e. The summed E-state index contributed by atoms with van der Waals surface area (Å²) in [5, 5.41) is 0. The molecule has 0 spiro atoms. The standard InChI is InChI=1S/C12H18O/c1-9-3-5-12(2)6-4-11(13)8-10(12)7-9/h8-9H,3-7H2,1-2H3/t9-,12-/m1/s1. The first kappa shape index (κ1) is 8.98. The third-order valence-electron chi connectivity index (χ3n) is 3.79. The minimum atomic E-state index is 0.349. The zero-order chi connectivity index (χ0) is 9.47. The lowest BCUT2D eigenvalue weighted by molar-refractivity contribution is -0.115. The maximum atomic E-state index is 11.3. The highest BCUT2D eigenvalue weighted by Gasteiger charge is 2.36. The second kappa shape index (κ2) is 2.97. The molecule has 0 aromatic heterocycles. The first-order valence-electron chi connectivity index (χ1n) is 5.34. The van der Waals surface area contributed by atoms with Crippen LogP contribution in [0.5, 0.6) is 0 Å². The van der Waals surface area contributed by atoms with Crippen molar-refractivity contribution in [3.8, 4) is 0 Å². The Labute approximate surface area is 80.2 Å². The molecule has 0 saturated heterocycles. The van der Waals surface area contributed by atoms with Crippen LogP contribution < -0.4 is 0 Å². The van der Waals surface area contributed by atoms with Crippen LogP contribution in [0.4, 0.5) is 0 Å². The van der Waals surface area contributed by atoms with Crippen LogP contribution in [0.2, 0.25) is 0 Å².